The van der Waals surface area contributed by atoms with Crippen molar-refractivity contribution in [3.63, 3.8) is 0 Å². The molecular weight excluding hydrogens is 354 g/mol. The molecule has 7 heteroatoms. The van der Waals surface area contributed by atoms with Gasteiger partial charge in [0.15, 0.2) is 5.78 Å². The Hall–Kier alpha value is -4.13. The maximum Gasteiger partial charge on any atom is 0.256 e. The number of amides is 1. The number of nitrogens with zero attached hydrogens (tertiary/aromatic N) is 4. The first-order chi connectivity index (χ1) is 13.7. The van der Waals surface area contributed by atoms with E-state index in [2.05, 4.69) is 20.8 Å². The Morgan fingerprint density at radius 3 is 2.14 bits per heavy atom. The Labute approximate surface area is 160 Å². The van der Waals surface area contributed by atoms with Crippen LogP contribution in [0.1, 0.15) is 26.3 Å². The first-order valence-electron chi connectivity index (χ1n) is 8.56. The van der Waals surface area contributed by atoms with Crippen LogP contribution in [0.2, 0.25) is 0 Å². The molecule has 4 rings (SSSR count). The largest absolute Gasteiger partial charge is 0.322 e. The number of carbonyl (C=O) groups is 2. The van der Waals surface area contributed by atoms with Gasteiger partial charge in [0.05, 0.1) is 11.3 Å². The zero-order chi connectivity index (χ0) is 19.3. The van der Waals surface area contributed by atoms with Gasteiger partial charge in [-0.1, -0.05) is 48.5 Å². The van der Waals surface area contributed by atoms with Crippen molar-refractivity contribution >= 4 is 17.4 Å². The van der Waals surface area contributed by atoms with E-state index in [-0.39, 0.29) is 11.7 Å². The molecule has 0 unspecified atom stereocenters. The molecule has 1 aromatic heterocycles. The molecule has 0 saturated carbocycles. The van der Waals surface area contributed by atoms with Crippen molar-refractivity contribution in [2.24, 2.45) is 0 Å². The fourth-order valence-corrected chi connectivity index (χ4v) is 2.80. The van der Waals surface area contributed by atoms with E-state index >= 15 is 0 Å². The van der Waals surface area contributed by atoms with Gasteiger partial charge >= 0.3 is 0 Å². The van der Waals surface area contributed by atoms with Crippen molar-refractivity contribution in [3.05, 3.63) is 102 Å². The minimum absolute atomic E-state index is 0.194. The lowest BCUT2D eigenvalue weighted by atomic mass is 9.98. The van der Waals surface area contributed by atoms with Crippen LogP contribution < -0.4 is 5.32 Å². The lowest BCUT2D eigenvalue weighted by Crippen LogP contribution is -2.17. The summed E-state index contributed by atoms with van der Waals surface area (Å²) in [5.41, 5.74) is 2.58. The van der Waals surface area contributed by atoms with E-state index in [9.17, 15) is 9.59 Å². The van der Waals surface area contributed by atoms with Crippen molar-refractivity contribution in [1.29, 1.82) is 0 Å². The maximum atomic E-state index is 12.8. The monoisotopic (exact) mass is 369 g/mol. The normalized spacial score (nSPS) is 10.4. The van der Waals surface area contributed by atoms with Crippen LogP contribution in [0.15, 0.2) is 85.2 Å². The predicted octanol–water partition coefficient (Wildman–Crippen LogP) is 3.15. The molecule has 0 bridgehead atoms. The van der Waals surface area contributed by atoms with Crippen LogP contribution in [0.4, 0.5) is 5.69 Å². The average Bonchev–Trinajstić information content (AvgIpc) is 3.29. The fraction of sp³-hybridized carbons (Fsp3) is 0. The number of ketones is 1. The highest BCUT2D eigenvalue weighted by molar-refractivity contribution is 6.17. The van der Waals surface area contributed by atoms with Gasteiger partial charge in [0.25, 0.3) is 5.91 Å². The van der Waals surface area contributed by atoms with Gasteiger partial charge < -0.3 is 5.32 Å². The van der Waals surface area contributed by atoms with Crippen LogP contribution >= 0.6 is 0 Å². The SMILES string of the molecule is O=C(Nc1ccc(-n2cnnn2)cc1)c1ccccc1C(=O)c1ccccc1. The highest BCUT2D eigenvalue weighted by Crippen LogP contribution is 2.18. The minimum Gasteiger partial charge on any atom is -0.322 e. The molecule has 136 valence electrons. The third-order valence-electron chi connectivity index (χ3n) is 4.19. The molecule has 0 radical (unpaired) electrons. The second kappa shape index (κ2) is 7.63. The van der Waals surface area contributed by atoms with E-state index in [0.717, 1.165) is 5.69 Å². The van der Waals surface area contributed by atoms with Crippen molar-refractivity contribution in [2.75, 3.05) is 5.32 Å². The lowest BCUT2D eigenvalue weighted by molar-refractivity contribution is 0.0996. The Morgan fingerprint density at radius 1 is 0.786 bits per heavy atom. The van der Waals surface area contributed by atoms with Gasteiger partial charge in [-0.15, -0.1) is 5.10 Å². The number of aromatic nitrogens is 4. The van der Waals surface area contributed by atoms with Crippen molar-refractivity contribution in [1.82, 2.24) is 20.2 Å². The number of carbonyl (C=O) groups excluding carboxylic acids is 2. The first-order valence-corrected chi connectivity index (χ1v) is 8.56. The fourth-order valence-electron chi connectivity index (χ4n) is 2.80. The summed E-state index contributed by atoms with van der Waals surface area (Å²) >= 11 is 0. The highest BCUT2D eigenvalue weighted by atomic mass is 16.2. The minimum atomic E-state index is -0.352. The first kappa shape index (κ1) is 17.3. The molecule has 0 atom stereocenters. The summed E-state index contributed by atoms with van der Waals surface area (Å²) in [6.45, 7) is 0. The summed E-state index contributed by atoms with van der Waals surface area (Å²) in [5, 5.41) is 13.8. The molecular formula is C21H15N5O2. The molecule has 1 amide bonds. The second-order valence-electron chi connectivity index (χ2n) is 6.00. The summed E-state index contributed by atoms with van der Waals surface area (Å²) < 4.78 is 1.51. The zero-order valence-corrected chi connectivity index (χ0v) is 14.7. The number of hydrogen-bond acceptors (Lipinski definition) is 5. The number of anilines is 1. The predicted molar refractivity (Wildman–Crippen MR) is 103 cm³/mol. The number of tetrazole rings is 1. The molecule has 4 aromatic rings. The summed E-state index contributed by atoms with van der Waals surface area (Å²) in [4.78, 5) is 25.6. The number of nitrogens with one attached hydrogen (secondary N) is 1. The van der Waals surface area contributed by atoms with E-state index in [4.69, 9.17) is 0 Å². The van der Waals surface area contributed by atoms with Crippen LogP contribution in [-0.2, 0) is 0 Å². The quantitative estimate of drug-likeness (QED) is 0.546. The van der Waals surface area contributed by atoms with Gasteiger partial charge in [-0.05, 0) is 40.8 Å². The molecule has 0 fully saturated rings. The van der Waals surface area contributed by atoms with Gasteiger partial charge in [0.2, 0.25) is 0 Å². The van der Waals surface area contributed by atoms with E-state index in [1.807, 2.05) is 6.07 Å². The third-order valence-corrected chi connectivity index (χ3v) is 4.19. The molecule has 0 spiro atoms. The number of benzene rings is 3. The summed E-state index contributed by atoms with van der Waals surface area (Å²) in [5.74, 6) is -0.546. The van der Waals surface area contributed by atoms with Crippen LogP contribution in [0, 0.1) is 0 Å². The molecule has 28 heavy (non-hydrogen) atoms. The van der Waals surface area contributed by atoms with Crippen molar-refractivity contribution in [3.8, 4) is 5.69 Å². The Kier molecular flexibility index (Phi) is 4.71. The second-order valence-corrected chi connectivity index (χ2v) is 6.00. The lowest BCUT2D eigenvalue weighted by Gasteiger charge is -2.10. The van der Waals surface area contributed by atoms with Gasteiger partial charge in [0, 0.05) is 16.8 Å². The summed E-state index contributed by atoms with van der Waals surface area (Å²) in [7, 11) is 0. The Balaban J connectivity index is 1.56. The maximum absolute atomic E-state index is 12.8. The van der Waals surface area contributed by atoms with Crippen LogP contribution in [-0.4, -0.2) is 31.9 Å². The molecule has 3 aromatic carbocycles. The summed E-state index contributed by atoms with van der Waals surface area (Å²) in [6, 6.07) is 22.7. The van der Waals surface area contributed by atoms with E-state index in [0.29, 0.717) is 22.4 Å². The standard InChI is InChI=1S/C21H15N5O2/c27-20(15-6-2-1-3-7-15)18-8-4-5-9-19(18)21(28)23-16-10-12-17(13-11-16)26-14-22-24-25-26/h1-14H,(H,23,28). The van der Waals surface area contributed by atoms with Crippen molar-refractivity contribution < 1.29 is 9.59 Å². The van der Waals surface area contributed by atoms with E-state index < -0.39 is 0 Å². The molecule has 7 nitrogen and oxygen atoms in total. The van der Waals surface area contributed by atoms with Gasteiger partial charge in [-0.25, -0.2) is 4.68 Å². The van der Waals surface area contributed by atoms with Crippen molar-refractivity contribution in [2.45, 2.75) is 0 Å². The third kappa shape index (κ3) is 3.54. The van der Waals surface area contributed by atoms with Crippen LogP contribution in [0.3, 0.4) is 0 Å². The topological polar surface area (TPSA) is 89.8 Å². The van der Waals surface area contributed by atoms with Gasteiger partial charge in [-0.2, -0.15) is 0 Å². The summed E-state index contributed by atoms with van der Waals surface area (Å²) in [6.07, 6.45) is 1.49. The average molecular weight is 369 g/mol. The molecule has 0 saturated heterocycles. The number of hydrogen-bond donors (Lipinski definition) is 1. The molecule has 1 N–H and O–H groups in total. The zero-order valence-electron chi connectivity index (χ0n) is 14.7. The van der Waals surface area contributed by atoms with E-state index in [1.54, 1.807) is 72.8 Å². The van der Waals surface area contributed by atoms with E-state index in [1.165, 1.54) is 11.0 Å². The molecule has 0 aliphatic heterocycles. The molecule has 0 aliphatic carbocycles. The smallest absolute Gasteiger partial charge is 0.256 e. The van der Waals surface area contributed by atoms with Crippen LogP contribution in [0.25, 0.3) is 5.69 Å². The molecule has 1 heterocycles. The number of rotatable bonds is 5. The highest BCUT2D eigenvalue weighted by Gasteiger charge is 2.18. The Morgan fingerprint density at radius 2 is 1.46 bits per heavy atom. The Bertz CT molecular complexity index is 1110. The van der Waals surface area contributed by atoms with Gasteiger partial charge in [0.1, 0.15) is 6.33 Å². The van der Waals surface area contributed by atoms with Gasteiger partial charge in [-0.3, -0.25) is 9.59 Å². The van der Waals surface area contributed by atoms with Crippen LogP contribution in [0.5, 0.6) is 0 Å². The molecule has 0 aliphatic rings.